The summed E-state index contributed by atoms with van der Waals surface area (Å²) in [5.74, 6) is 1.16. The first-order valence-electron chi connectivity index (χ1n) is 12.0. The largest absolute Gasteiger partial charge is 0.426 e. The first-order valence-corrected chi connectivity index (χ1v) is 12.0. The van der Waals surface area contributed by atoms with E-state index in [0.717, 1.165) is 23.5 Å². The molecule has 184 valence electrons. The number of rotatable bonds is 7. The minimum Gasteiger partial charge on any atom is -0.426 e. The number of ketones is 1. The lowest BCUT2D eigenvalue weighted by Gasteiger charge is -2.25. The Morgan fingerprint density at radius 1 is 1.15 bits per heavy atom. The number of nitrogens with zero attached hydrogens (tertiary/aromatic N) is 1. The number of ether oxygens (including phenoxy) is 1. The molecule has 0 saturated heterocycles. The summed E-state index contributed by atoms with van der Waals surface area (Å²) >= 11 is 0. The number of aromatic nitrogens is 1. The second-order valence-electron chi connectivity index (χ2n) is 9.91. The molecule has 6 nitrogen and oxygen atoms in total. The number of hydrogen-bond donors (Lipinski definition) is 3. The van der Waals surface area contributed by atoms with Crippen molar-refractivity contribution in [2.24, 2.45) is 17.8 Å². The van der Waals surface area contributed by atoms with E-state index >= 15 is 0 Å². The average Bonchev–Trinajstić information content (AvgIpc) is 3.62. The number of Topliss-reactive ketones (excluding diaryl/α,β-unsaturated/α-hetero) is 1. The first-order chi connectivity index (χ1) is 15.9. The van der Waals surface area contributed by atoms with Crippen molar-refractivity contribution in [2.75, 3.05) is 0 Å². The van der Waals surface area contributed by atoms with Gasteiger partial charge in [-0.25, -0.2) is 0 Å². The Morgan fingerprint density at radius 2 is 1.74 bits per heavy atom. The predicted molar refractivity (Wildman–Crippen MR) is 138 cm³/mol. The Hall–Kier alpha value is -2.86. The quantitative estimate of drug-likeness (QED) is 0.254. The molecular weight excluding hydrogens is 426 g/mol. The zero-order valence-electron chi connectivity index (χ0n) is 21.5. The maximum absolute atomic E-state index is 12.7. The van der Waals surface area contributed by atoms with Crippen LogP contribution in [-0.2, 0) is 11.2 Å². The van der Waals surface area contributed by atoms with Gasteiger partial charge in [-0.1, -0.05) is 39.8 Å². The molecule has 1 saturated carbocycles. The van der Waals surface area contributed by atoms with Crippen LogP contribution in [0.2, 0.25) is 0 Å². The van der Waals surface area contributed by atoms with Gasteiger partial charge in [0.15, 0.2) is 11.7 Å². The number of carbonyl (C=O) groups excluding carboxylic acids is 1. The van der Waals surface area contributed by atoms with Gasteiger partial charge in [-0.3, -0.25) is 20.6 Å². The fourth-order valence-electron chi connectivity index (χ4n) is 3.74. The lowest BCUT2D eigenvalue weighted by atomic mass is 9.89. The van der Waals surface area contributed by atoms with E-state index in [-0.39, 0.29) is 23.5 Å². The van der Waals surface area contributed by atoms with Crippen LogP contribution in [0.5, 0.6) is 0 Å². The highest BCUT2D eigenvalue weighted by atomic mass is 16.5. The summed E-state index contributed by atoms with van der Waals surface area (Å²) in [6, 6.07) is 9.02. The standard InChI is InChI=1S/C20H23N3O2.C8H16O/c1-5-14-10-11-23-18(17(14)19(24)12(2)3)15-6-8-16(9-7-15)20(22)25-13(4)21;1-6(7-4-5-7)8(2,3)9/h6-12,21-22H,5H2,1-4H3;6-7,9H,4-5H2,1-3H3. The van der Waals surface area contributed by atoms with E-state index in [9.17, 15) is 9.90 Å². The van der Waals surface area contributed by atoms with E-state index in [1.807, 2.05) is 52.8 Å². The monoisotopic (exact) mass is 465 g/mol. The highest BCUT2D eigenvalue weighted by molar-refractivity contribution is 6.04. The summed E-state index contributed by atoms with van der Waals surface area (Å²) < 4.78 is 5.01. The van der Waals surface area contributed by atoms with Gasteiger partial charge >= 0.3 is 0 Å². The van der Waals surface area contributed by atoms with Gasteiger partial charge in [-0.05, 0) is 68.7 Å². The molecule has 3 N–H and O–H groups in total. The Bertz CT molecular complexity index is 1020. The van der Waals surface area contributed by atoms with Crippen LogP contribution < -0.4 is 0 Å². The zero-order valence-corrected chi connectivity index (χ0v) is 21.5. The molecule has 1 fully saturated rings. The van der Waals surface area contributed by atoms with Gasteiger partial charge in [0.05, 0.1) is 11.3 Å². The van der Waals surface area contributed by atoms with Gasteiger partial charge in [0.1, 0.15) is 0 Å². The van der Waals surface area contributed by atoms with E-state index in [1.54, 1.807) is 18.3 Å². The Morgan fingerprint density at radius 3 is 2.15 bits per heavy atom. The van der Waals surface area contributed by atoms with Gasteiger partial charge in [-0.2, -0.15) is 0 Å². The third kappa shape index (κ3) is 7.32. The third-order valence-corrected chi connectivity index (χ3v) is 6.31. The molecule has 3 rings (SSSR count). The molecule has 0 radical (unpaired) electrons. The second kappa shape index (κ2) is 11.5. The topological polar surface area (TPSA) is 107 Å². The fraction of sp³-hybridized carbons (Fsp3) is 0.500. The third-order valence-electron chi connectivity index (χ3n) is 6.31. The number of carbonyl (C=O) groups is 1. The van der Waals surface area contributed by atoms with Crippen molar-refractivity contribution in [1.82, 2.24) is 4.98 Å². The Balaban J connectivity index is 0.000000379. The summed E-state index contributed by atoms with van der Waals surface area (Å²) in [4.78, 5) is 17.1. The number of benzene rings is 1. The molecule has 0 spiro atoms. The molecule has 0 bridgehead atoms. The number of aryl methyl sites for hydroxylation is 1. The molecule has 1 aliphatic carbocycles. The maximum Gasteiger partial charge on any atom is 0.220 e. The highest BCUT2D eigenvalue weighted by Gasteiger charge is 2.36. The van der Waals surface area contributed by atoms with Crippen molar-refractivity contribution in [3.63, 3.8) is 0 Å². The maximum atomic E-state index is 12.7. The summed E-state index contributed by atoms with van der Waals surface area (Å²) in [6.45, 7) is 13.2. The molecule has 6 heteroatoms. The van der Waals surface area contributed by atoms with Crippen molar-refractivity contribution in [1.29, 1.82) is 10.8 Å². The molecule has 1 aliphatic rings. The molecule has 2 aromatic rings. The summed E-state index contributed by atoms with van der Waals surface area (Å²) in [5.41, 5.74) is 3.26. The predicted octanol–water partition coefficient (Wildman–Crippen LogP) is 6.29. The minimum absolute atomic E-state index is 0.0313. The zero-order chi connectivity index (χ0) is 25.6. The van der Waals surface area contributed by atoms with E-state index < -0.39 is 5.60 Å². The van der Waals surface area contributed by atoms with Gasteiger partial charge < -0.3 is 9.84 Å². The van der Waals surface area contributed by atoms with Crippen LogP contribution in [-0.4, -0.2) is 33.3 Å². The number of pyridine rings is 1. The van der Waals surface area contributed by atoms with Crippen molar-refractivity contribution in [2.45, 2.75) is 73.3 Å². The number of hydrogen-bond acceptors (Lipinski definition) is 6. The molecule has 1 atom stereocenters. The molecule has 0 amide bonds. The van der Waals surface area contributed by atoms with Gasteiger partial charge in [0, 0.05) is 35.7 Å². The van der Waals surface area contributed by atoms with Gasteiger partial charge in [-0.15, -0.1) is 0 Å². The molecule has 0 aliphatic heterocycles. The van der Waals surface area contributed by atoms with E-state index in [1.165, 1.54) is 19.8 Å². The summed E-state index contributed by atoms with van der Waals surface area (Å²) in [7, 11) is 0. The summed E-state index contributed by atoms with van der Waals surface area (Å²) in [5, 5.41) is 24.6. The lowest BCUT2D eigenvalue weighted by molar-refractivity contribution is 0.0155. The van der Waals surface area contributed by atoms with Crippen LogP contribution in [0.15, 0.2) is 36.5 Å². The number of aliphatic hydroxyl groups is 1. The normalized spacial score (nSPS) is 14.1. The van der Waals surface area contributed by atoms with Crippen LogP contribution in [0.1, 0.15) is 82.8 Å². The van der Waals surface area contributed by atoms with Crippen molar-refractivity contribution < 1.29 is 14.6 Å². The van der Waals surface area contributed by atoms with E-state index in [2.05, 4.69) is 11.9 Å². The first kappa shape index (κ1) is 27.4. The van der Waals surface area contributed by atoms with Crippen LogP contribution in [0.4, 0.5) is 0 Å². The average molecular weight is 466 g/mol. The summed E-state index contributed by atoms with van der Waals surface area (Å²) in [6.07, 6.45) is 5.14. The van der Waals surface area contributed by atoms with Crippen LogP contribution in [0, 0.1) is 28.6 Å². The van der Waals surface area contributed by atoms with Crippen LogP contribution in [0.3, 0.4) is 0 Å². The smallest absolute Gasteiger partial charge is 0.220 e. The van der Waals surface area contributed by atoms with Crippen LogP contribution in [0.25, 0.3) is 11.3 Å². The van der Waals surface area contributed by atoms with Crippen molar-refractivity contribution in [3.8, 4) is 11.3 Å². The fourth-order valence-corrected chi connectivity index (χ4v) is 3.74. The van der Waals surface area contributed by atoms with Crippen LogP contribution >= 0.6 is 0 Å². The number of nitrogens with one attached hydrogen (secondary N) is 2. The Labute approximate surface area is 203 Å². The van der Waals surface area contributed by atoms with Crippen molar-refractivity contribution >= 4 is 17.6 Å². The highest BCUT2D eigenvalue weighted by Crippen LogP contribution is 2.41. The van der Waals surface area contributed by atoms with E-state index in [0.29, 0.717) is 22.7 Å². The van der Waals surface area contributed by atoms with Crippen molar-refractivity contribution in [3.05, 3.63) is 53.2 Å². The van der Waals surface area contributed by atoms with E-state index in [4.69, 9.17) is 15.6 Å². The molecular formula is C28H39N3O3. The molecule has 1 unspecified atom stereocenters. The Kier molecular flexibility index (Phi) is 9.28. The van der Waals surface area contributed by atoms with Gasteiger partial charge in [0.25, 0.3) is 0 Å². The lowest BCUT2D eigenvalue weighted by Crippen LogP contribution is -2.29. The SMILES string of the molecule is CC(C1CC1)C(C)(C)O.CCc1ccnc(-c2ccc(C(=N)OC(C)=N)cc2)c1C(=O)C(C)C. The second-order valence-corrected chi connectivity index (χ2v) is 9.91. The minimum atomic E-state index is -0.457. The molecule has 1 aromatic heterocycles. The molecule has 1 heterocycles. The molecule has 1 aromatic carbocycles. The molecule has 34 heavy (non-hydrogen) atoms. The van der Waals surface area contributed by atoms with Gasteiger partial charge in [0.2, 0.25) is 5.90 Å².